The molecule has 4 heteroatoms. The zero-order valence-electron chi connectivity index (χ0n) is 16.1. The van der Waals surface area contributed by atoms with Crippen LogP contribution in [0, 0.1) is 13.8 Å². The Hall–Kier alpha value is -2.75. The zero-order valence-corrected chi connectivity index (χ0v) is 16.1. The minimum absolute atomic E-state index is 0.718. The van der Waals surface area contributed by atoms with Gasteiger partial charge in [0.1, 0.15) is 5.82 Å². The number of nitrogens with one attached hydrogen (secondary N) is 1. The Kier molecular flexibility index (Phi) is 5.52. The van der Waals surface area contributed by atoms with Crippen molar-refractivity contribution in [1.29, 1.82) is 0 Å². The number of aromatic nitrogens is 2. The van der Waals surface area contributed by atoms with Gasteiger partial charge in [-0.05, 0) is 57.9 Å². The highest BCUT2D eigenvalue weighted by Crippen LogP contribution is 2.34. The van der Waals surface area contributed by atoms with Crippen LogP contribution in [-0.4, -0.2) is 9.78 Å². The quantitative estimate of drug-likeness (QED) is 0.576. The Labute approximate surface area is 150 Å². The van der Waals surface area contributed by atoms with Crippen molar-refractivity contribution >= 4 is 22.8 Å². The van der Waals surface area contributed by atoms with Crippen molar-refractivity contribution in [1.82, 2.24) is 9.78 Å². The molecule has 1 heterocycles. The molecule has 0 fully saturated rings. The molecule has 0 aliphatic carbocycles. The summed E-state index contributed by atoms with van der Waals surface area (Å²) in [6.45, 7) is 14.4. The molecule has 0 bridgehead atoms. The minimum atomic E-state index is 0.718. The van der Waals surface area contributed by atoms with Gasteiger partial charge < -0.3 is 11.1 Å². The van der Waals surface area contributed by atoms with Gasteiger partial charge in [-0.3, -0.25) is 4.68 Å². The van der Waals surface area contributed by atoms with Gasteiger partial charge in [0.25, 0.3) is 0 Å². The van der Waals surface area contributed by atoms with Gasteiger partial charge in [0.2, 0.25) is 0 Å². The van der Waals surface area contributed by atoms with Crippen molar-refractivity contribution in [2.45, 2.75) is 34.6 Å². The summed E-state index contributed by atoms with van der Waals surface area (Å²) in [6.07, 6.45) is 4.20. The highest BCUT2D eigenvalue weighted by molar-refractivity contribution is 5.88. The maximum atomic E-state index is 6.18. The summed E-state index contributed by atoms with van der Waals surface area (Å²) in [4.78, 5) is 0. The van der Waals surface area contributed by atoms with E-state index >= 15 is 0 Å². The van der Waals surface area contributed by atoms with Crippen LogP contribution in [0.1, 0.15) is 37.6 Å². The first-order valence-electron chi connectivity index (χ1n) is 8.39. The lowest BCUT2D eigenvalue weighted by Gasteiger charge is -2.14. The second-order valence-corrected chi connectivity index (χ2v) is 6.75. The van der Waals surface area contributed by atoms with Gasteiger partial charge in [0, 0.05) is 12.6 Å². The van der Waals surface area contributed by atoms with E-state index in [-0.39, 0.29) is 0 Å². The van der Waals surface area contributed by atoms with Gasteiger partial charge in [-0.25, -0.2) is 0 Å². The number of hydrogen-bond acceptors (Lipinski definition) is 3. The fraction of sp³-hybridized carbons (Fsp3) is 0.286. The number of hydrogen-bond donors (Lipinski definition) is 2. The van der Waals surface area contributed by atoms with Crippen molar-refractivity contribution in [3.05, 3.63) is 64.9 Å². The van der Waals surface area contributed by atoms with E-state index in [2.05, 4.69) is 43.0 Å². The molecule has 0 atom stereocenters. The number of nitrogens with zero attached hydrogens (tertiary/aromatic N) is 2. The maximum absolute atomic E-state index is 6.18. The van der Waals surface area contributed by atoms with E-state index in [1.165, 1.54) is 5.57 Å². The third-order valence-electron chi connectivity index (χ3n) is 3.99. The topological polar surface area (TPSA) is 55.9 Å². The highest BCUT2D eigenvalue weighted by atomic mass is 15.3. The average molecular weight is 336 g/mol. The molecule has 1 aromatic heterocycles. The average Bonchev–Trinajstić information content (AvgIpc) is 2.76. The molecule has 0 unspecified atom stereocenters. The number of allylic oxidation sites excluding steroid dienone is 5. The van der Waals surface area contributed by atoms with Gasteiger partial charge in [-0.2, -0.15) is 5.10 Å². The number of nitrogen functional groups attached to an aromatic ring is 1. The molecule has 2 rings (SSSR count). The largest absolute Gasteiger partial charge is 0.397 e. The maximum Gasteiger partial charge on any atom is 0.136 e. The summed E-state index contributed by atoms with van der Waals surface area (Å²) in [6, 6.07) is 6.00. The van der Waals surface area contributed by atoms with Crippen molar-refractivity contribution < 1.29 is 0 Å². The first-order valence-corrected chi connectivity index (χ1v) is 8.39. The fourth-order valence-electron chi connectivity index (χ4n) is 2.74. The monoisotopic (exact) mass is 336 g/mol. The molecule has 0 aliphatic heterocycles. The lowest BCUT2D eigenvalue weighted by molar-refractivity contribution is 0.765. The second-order valence-electron chi connectivity index (χ2n) is 6.75. The van der Waals surface area contributed by atoms with E-state index < -0.39 is 0 Å². The van der Waals surface area contributed by atoms with Crippen LogP contribution in [0.2, 0.25) is 0 Å². The summed E-state index contributed by atoms with van der Waals surface area (Å²) in [7, 11) is 1.93. The Morgan fingerprint density at radius 3 is 2.44 bits per heavy atom. The standard InChI is InChI=1S/C21H28N4/c1-13(2)8-10-17(14(3)4)20-16(6)24-25(7)21(20)23-19-11-9-15(5)12-18(19)22/h8-12,23H,3,22H2,1-2,4-7H3/b17-10+. The molecular formula is C21H28N4. The van der Waals surface area contributed by atoms with Crippen LogP contribution in [0.15, 0.2) is 48.1 Å². The van der Waals surface area contributed by atoms with E-state index in [4.69, 9.17) is 5.73 Å². The van der Waals surface area contributed by atoms with Crippen molar-refractivity contribution in [2.24, 2.45) is 7.05 Å². The van der Waals surface area contributed by atoms with E-state index in [9.17, 15) is 0 Å². The van der Waals surface area contributed by atoms with Gasteiger partial charge in [-0.1, -0.05) is 35.9 Å². The van der Waals surface area contributed by atoms with Crippen LogP contribution in [0.25, 0.3) is 5.57 Å². The van der Waals surface area contributed by atoms with Crippen LogP contribution >= 0.6 is 0 Å². The predicted molar refractivity (Wildman–Crippen MR) is 109 cm³/mol. The molecule has 132 valence electrons. The first-order chi connectivity index (χ1) is 11.7. The van der Waals surface area contributed by atoms with Crippen LogP contribution in [0.5, 0.6) is 0 Å². The molecule has 25 heavy (non-hydrogen) atoms. The Morgan fingerprint density at radius 2 is 1.88 bits per heavy atom. The summed E-state index contributed by atoms with van der Waals surface area (Å²) >= 11 is 0. The molecule has 3 N–H and O–H groups in total. The van der Waals surface area contributed by atoms with E-state index in [0.29, 0.717) is 0 Å². The van der Waals surface area contributed by atoms with Crippen LogP contribution < -0.4 is 11.1 Å². The zero-order chi connectivity index (χ0) is 18.7. The molecule has 1 aromatic carbocycles. The number of anilines is 3. The van der Waals surface area contributed by atoms with Crippen molar-refractivity contribution in [3.63, 3.8) is 0 Å². The number of aryl methyl sites for hydroxylation is 3. The summed E-state index contributed by atoms with van der Waals surface area (Å²) < 4.78 is 1.85. The van der Waals surface area contributed by atoms with Crippen molar-refractivity contribution in [2.75, 3.05) is 11.1 Å². The van der Waals surface area contributed by atoms with Crippen LogP contribution in [-0.2, 0) is 7.05 Å². The predicted octanol–water partition coefficient (Wildman–Crippen LogP) is 5.29. The van der Waals surface area contributed by atoms with Crippen LogP contribution in [0.4, 0.5) is 17.2 Å². The summed E-state index contributed by atoms with van der Waals surface area (Å²) in [5.74, 6) is 0.907. The fourth-order valence-corrected chi connectivity index (χ4v) is 2.74. The third kappa shape index (κ3) is 4.21. The van der Waals surface area contributed by atoms with Gasteiger partial charge in [-0.15, -0.1) is 0 Å². The number of benzene rings is 1. The molecule has 0 amide bonds. The lowest BCUT2D eigenvalue weighted by Crippen LogP contribution is -2.04. The van der Waals surface area contributed by atoms with Gasteiger partial charge >= 0.3 is 0 Å². The molecule has 4 nitrogen and oxygen atoms in total. The first kappa shape index (κ1) is 18.6. The summed E-state index contributed by atoms with van der Waals surface area (Å²) in [5.41, 5.74) is 14.2. The molecule has 0 aliphatic rings. The number of rotatable bonds is 5. The SMILES string of the molecule is C=C(C)/C(=C\C=C(C)C)c1c(C)nn(C)c1Nc1ccc(C)cc1N. The van der Waals surface area contributed by atoms with Gasteiger partial charge in [0.05, 0.1) is 17.1 Å². The molecule has 0 saturated heterocycles. The van der Waals surface area contributed by atoms with E-state index in [1.807, 2.05) is 50.7 Å². The minimum Gasteiger partial charge on any atom is -0.397 e. The van der Waals surface area contributed by atoms with Gasteiger partial charge in [0.15, 0.2) is 0 Å². The molecule has 0 saturated carbocycles. The highest BCUT2D eigenvalue weighted by Gasteiger charge is 2.18. The number of nitrogens with two attached hydrogens (primary N) is 1. The Bertz CT molecular complexity index is 862. The van der Waals surface area contributed by atoms with E-state index in [1.54, 1.807) is 0 Å². The molecule has 2 aromatic rings. The Morgan fingerprint density at radius 1 is 1.20 bits per heavy atom. The lowest BCUT2D eigenvalue weighted by atomic mass is 9.98. The third-order valence-corrected chi connectivity index (χ3v) is 3.99. The molecular weight excluding hydrogens is 308 g/mol. The Balaban J connectivity index is 2.58. The van der Waals surface area contributed by atoms with Crippen molar-refractivity contribution in [3.8, 4) is 0 Å². The normalized spacial score (nSPS) is 11.4. The smallest absolute Gasteiger partial charge is 0.136 e. The molecule has 0 radical (unpaired) electrons. The summed E-state index contributed by atoms with van der Waals surface area (Å²) in [5, 5.41) is 8.05. The van der Waals surface area contributed by atoms with E-state index in [0.717, 1.165) is 45.2 Å². The van der Waals surface area contributed by atoms with Crippen LogP contribution in [0.3, 0.4) is 0 Å². The second kappa shape index (κ2) is 7.43. The molecule has 0 spiro atoms.